The predicted octanol–water partition coefficient (Wildman–Crippen LogP) is 1.46. The number of rotatable bonds is 2. The normalized spacial score (nSPS) is 11.1. The van der Waals surface area contributed by atoms with E-state index in [0.29, 0.717) is 0 Å². The zero-order valence-electron chi connectivity index (χ0n) is 9.29. The Kier molecular flexibility index (Phi) is 2.34. The van der Waals surface area contributed by atoms with Crippen LogP contribution >= 0.6 is 0 Å². The maximum atomic E-state index is 11.7. The average Bonchev–Trinajstić information content (AvgIpc) is 2.62. The summed E-state index contributed by atoms with van der Waals surface area (Å²) in [5, 5.41) is 4.31. The van der Waals surface area contributed by atoms with E-state index in [9.17, 15) is 4.79 Å². The fourth-order valence-electron chi connectivity index (χ4n) is 1.89. The summed E-state index contributed by atoms with van der Waals surface area (Å²) in [6.45, 7) is 5.93. The molecule has 15 heavy (non-hydrogen) atoms. The molecule has 80 valence electrons. The van der Waals surface area contributed by atoms with Gasteiger partial charge < -0.3 is 4.98 Å². The standard InChI is InChI=1S/C11H15N3O/c1-4-8-6-12-14-9(5-2)7(3)11(15)13-10(8)14/h6H,4-5H2,1-3H3,(H,13,15). The zero-order chi connectivity index (χ0) is 11.0. The fourth-order valence-corrected chi connectivity index (χ4v) is 1.89. The molecule has 0 saturated heterocycles. The molecule has 0 atom stereocenters. The minimum atomic E-state index is -0.00505. The Bertz CT molecular complexity index is 551. The Labute approximate surface area is 87.9 Å². The van der Waals surface area contributed by atoms with Crippen molar-refractivity contribution >= 4 is 5.65 Å². The molecule has 2 aromatic rings. The third kappa shape index (κ3) is 1.37. The van der Waals surface area contributed by atoms with E-state index in [-0.39, 0.29) is 5.56 Å². The first-order chi connectivity index (χ1) is 7.19. The first-order valence-electron chi connectivity index (χ1n) is 5.27. The van der Waals surface area contributed by atoms with Gasteiger partial charge in [-0.1, -0.05) is 13.8 Å². The molecule has 0 bridgehead atoms. The van der Waals surface area contributed by atoms with Crippen molar-refractivity contribution in [3.05, 3.63) is 33.4 Å². The predicted molar refractivity (Wildman–Crippen MR) is 59.3 cm³/mol. The van der Waals surface area contributed by atoms with Crippen molar-refractivity contribution in [2.75, 3.05) is 0 Å². The molecular weight excluding hydrogens is 190 g/mol. The summed E-state index contributed by atoms with van der Waals surface area (Å²) in [4.78, 5) is 14.6. The second-order valence-corrected chi connectivity index (χ2v) is 3.66. The van der Waals surface area contributed by atoms with Gasteiger partial charge >= 0.3 is 0 Å². The van der Waals surface area contributed by atoms with E-state index in [2.05, 4.69) is 17.0 Å². The minimum absolute atomic E-state index is 0.00505. The van der Waals surface area contributed by atoms with Gasteiger partial charge in [0.2, 0.25) is 0 Å². The monoisotopic (exact) mass is 205 g/mol. The Morgan fingerprint density at radius 2 is 2.13 bits per heavy atom. The van der Waals surface area contributed by atoms with Crippen LogP contribution in [0.2, 0.25) is 0 Å². The first-order valence-corrected chi connectivity index (χ1v) is 5.27. The van der Waals surface area contributed by atoms with Gasteiger partial charge in [-0.15, -0.1) is 0 Å². The highest BCUT2D eigenvalue weighted by atomic mass is 16.1. The lowest BCUT2D eigenvalue weighted by Crippen LogP contribution is -2.17. The van der Waals surface area contributed by atoms with Crippen LogP contribution in [-0.4, -0.2) is 14.6 Å². The van der Waals surface area contributed by atoms with Crippen LogP contribution < -0.4 is 5.56 Å². The van der Waals surface area contributed by atoms with E-state index < -0.39 is 0 Å². The third-order valence-electron chi connectivity index (χ3n) is 2.82. The SMILES string of the molecule is CCc1cnn2c(CC)c(C)c(=O)[nH]c12. The number of nitrogens with one attached hydrogen (secondary N) is 1. The number of nitrogens with zero attached hydrogens (tertiary/aromatic N) is 2. The summed E-state index contributed by atoms with van der Waals surface area (Å²) < 4.78 is 1.84. The largest absolute Gasteiger partial charge is 0.306 e. The van der Waals surface area contributed by atoms with E-state index in [4.69, 9.17) is 0 Å². The molecule has 4 heteroatoms. The van der Waals surface area contributed by atoms with E-state index >= 15 is 0 Å². The molecule has 2 rings (SSSR count). The van der Waals surface area contributed by atoms with E-state index in [1.165, 1.54) is 0 Å². The van der Waals surface area contributed by atoms with E-state index in [0.717, 1.165) is 35.3 Å². The molecule has 0 fully saturated rings. The first kappa shape index (κ1) is 9.96. The lowest BCUT2D eigenvalue weighted by molar-refractivity contribution is 0.826. The molecule has 0 aromatic carbocycles. The Morgan fingerprint density at radius 1 is 1.40 bits per heavy atom. The van der Waals surface area contributed by atoms with Crippen LogP contribution in [0.25, 0.3) is 5.65 Å². The lowest BCUT2D eigenvalue weighted by atomic mass is 10.2. The Balaban J connectivity index is 2.90. The second kappa shape index (κ2) is 3.53. The molecule has 0 amide bonds. The molecule has 4 nitrogen and oxygen atoms in total. The number of hydrogen-bond donors (Lipinski definition) is 1. The molecular formula is C11H15N3O. The number of aromatic amines is 1. The highest BCUT2D eigenvalue weighted by molar-refractivity contribution is 5.48. The maximum absolute atomic E-state index is 11.7. The van der Waals surface area contributed by atoms with Crippen molar-refractivity contribution < 1.29 is 0 Å². The van der Waals surface area contributed by atoms with Crippen molar-refractivity contribution in [1.82, 2.24) is 14.6 Å². The van der Waals surface area contributed by atoms with Gasteiger partial charge in [0.05, 0.1) is 11.9 Å². The number of fused-ring (bicyclic) bond motifs is 1. The van der Waals surface area contributed by atoms with Crippen LogP contribution in [0.1, 0.15) is 30.7 Å². The molecule has 0 radical (unpaired) electrons. The van der Waals surface area contributed by atoms with E-state index in [1.807, 2.05) is 24.6 Å². The van der Waals surface area contributed by atoms with Crippen LogP contribution in [0.15, 0.2) is 11.0 Å². The molecule has 0 saturated carbocycles. The Morgan fingerprint density at radius 3 is 2.73 bits per heavy atom. The van der Waals surface area contributed by atoms with Crippen molar-refractivity contribution in [2.45, 2.75) is 33.6 Å². The number of aromatic nitrogens is 3. The molecule has 0 aliphatic rings. The third-order valence-corrected chi connectivity index (χ3v) is 2.82. The van der Waals surface area contributed by atoms with Crippen LogP contribution in [0.3, 0.4) is 0 Å². The molecule has 0 aliphatic carbocycles. The van der Waals surface area contributed by atoms with Gasteiger partial charge in [0.1, 0.15) is 5.65 Å². The smallest absolute Gasteiger partial charge is 0.254 e. The summed E-state index contributed by atoms with van der Waals surface area (Å²) >= 11 is 0. The minimum Gasteiger partial charge on any atom is -0.306 e. The Hall–Kier alpha value is -1.58. The van der Waals surface area contributed by atoms with Crippen LogP contribution in [0.5, 0.6) is 0 Å². The molecule has 0 aliphatic heterocycles. The van der Waals surface area contributed by atoms with Gasteiger partial charge in [0.25, 0.3) is 5.56 Å². The molecule has 2 heterocycles. The summed E-state index contributed by atoms with van der Waals surface area (Å²) in [5.74, 6) is 0. The lowest BCUT2D eigenvalue weighted by Gasteiger charge is -2.05. The average molecular weight is 205 g/mol. The van der Waals surface area contributed by atoms with Gasteiger partial charge in [-0.2, -0.15) is 5.10 Å². The van der Waals surface area contributed by atoms with Gasteiger partial charge in [-0.3, -0.25) is 4.79 Å². The number of aryl methyl sites for hydroxylation is 2. The summed E-state index contributed by atoms with van der Waals surface area (Å²) in [6.07, 6.45) is 3.52. The van der Waals surface area contributed by atoms with Crippen LogP contribution in [0.4, 0.5) is 0 Å². The highest BCUT2D eigenvalue weighted by Crippen LogP contribution is 2.11. The quantitative estimate of drug-likeness (QED) is 0.806. The molecule has 0 unspecified atom stereocenters. The topological polar surface area (TPSA) is 50.2 Å². The van der Waals surface area contributed by atoms with Crippen molar-refractivity contribution in [2.24, 2.45) is 0 Å². The molecule has 1 N–H and O–H groups in total. The number of hydrogen-bond acceptors (Lipinski definition) is 2. The highest BCUT2D eigenvalue weighted by Gasteiger charge is 2.10. The van der Waals surface area contributed by atoms with Gasteiger partial charge in [0, 0.05) is 11.1 Å². The summed E-state index contributed by atoms with van der Waals surface area (Å²) in [7, 11) is 0. The van der Waals surface area contributed by atoms with Crippen molar-refractivity contribution in [3.8, 4) is 0 Å². The van der Waals surface area contributed by atoms with Gasteiger partial charge in [-0.25, -0.2) is 4.52 Å². The van der Waals surface area contributed by atoms with Gasteiger partial charge in [-0.05, 0) is 19.8 Å². The van der Waals surface area contributed by atoms with Crippen LogP contribution in [-0.2, 0) is 12.8 Å². The van der Waals surface area contributed by atoms with E-state index in [1.54, 1.807) is 0 Å². The summed E-state index contributed by atoms with van der Waals surface area (Å²) in [6, 6.07) is 0. The molecule has 0 spiro atoms. The number of H-pyrrole nitrogens is 1. The van der Waals surface area contributed by atoms with Gasteiger partial charge in [0.15, 0.2) is 0 Å². The maximum Gasteiger partial charge on any atom is 0.254 e. The second-order valence-electron chi connectivity index (χ2n) is 3.66. The fraction of sp³-hybridized carbons (Fsp3) is 0.455. The van der Waals surface area contributed by atoms with Crippen molar-refractivity contribution in [3.63, 3.8) is 0 Å². The molecule has 2 aromatic heterocycles. The van der Waals surface area contributed by atoms with Crippen molar-refractivity contribution in [1.29, 1.82) is 0 Å². The zero-order valence-corrected chi connectivity index (χ0v) is 9.29. The summed E-state index contributed by atoms with van der Waals surface area (Å²) in [5.41, 5.74) is 3.67. The van der Waals surface area contributed by atoms with Crippen LogP contribution in [0, 0.1) is 6.92 Å².